The van der Waals surface area contributed by atoms with Crippen LogP contribution in [0.5, 0.6) is 0 Å². The molecular weight excluding hydrogens is 174 g/mol. The Kier molecular flexibility index (Phi) is 4.39. The van der Waals surface area contributed by atoms with E-state index in [0.29, 0.717) is 12.1 Å². The van der Waals surface area contributed by atoms with Gasteiger partial charge in [0.1, 0.15) is 0 Å². The van der Waals surface area contributed by atoms with E-state index in [-0.39, 0.29) is 5.60 Å². The van der Waals surface area contributed by atoms with Crippen molar-refractivity contribution in [2.75, 3.05) is 6.54 Å². The van der Waals surface area contributed by atoms with Gasteiger partial charge in [-0.1, -0.05) is 19.8 Å². The van der Waals surface area contributed by atoms with Crippen LogP contribution in [0.1, 0.15) is 53.4 Å². The van der Waals surface area contributed by atoms with Crippen LogP contribution in [-0.2, 0) is 4.74 Å². The van der Waals surface area contributed by atoms with E-state index in [0.717, 1.165) is 6.54 Å². The maximum atomic E-state index is 6.08. The predicted molar refractivity (Wildman–Crippen MR) is 60.6 cm³/mol. The molecule has 0 bridgehead atoms. The summed E-state index contributed by atoms with van der Waals surface area (Å²) in [4.78, 5) is 0. The third-order valence-corrected chi connectivity index (χ3v) is 2.67. The highest BCUT2D eigenvalue weighted by molar-refractivity contribution is 4.83. The number of hydrogen-bond acceptors (Lipinski definition) is 2. The fourth-order valence-corrected chi connectivity index (χ4v) is 2.19. The van der Waals surface area contributed by atoms with E-state index < -0.39 is 0 Å². The van der Waals surface area contributed by atoms with Gasteiger partial charge in [0.15, 0.2) is 0 Å². The minimum Gasteiger partial charge on any atom is -0.371 e. The predicted octanol–water partition coefficient (Wildman–Crippen LogP) is 2.72. The van der Waals surface area contributed by atoms with Gasteiger partial charge < -0.3 is 10.1 Å². The Labute approximate surface area is 88.4 Å². The third-order valence-electron chi connectivity index (χ3n) is 2.67. The normalized spacial score (nSPS) is 29.1. The van der Waals surface area contributed by atoms with Crippen LogP contribution in [0.2, 0.25) is 0 Å². The zero-order chi connectivity index (χ0) is 10.6. The largest absolute Gasteiger partial charge is 0.371 e. The zero-order valence-corrected chi connectivity index (χ0v) is 10.1. The first kappa shape index (κ1) is 12.0. The first-order valence-electron chi connectivity index (χ1n) is 5.94. The van der Waals surface area contributed by atoms with E-state index >= 15 is 0 Å². The Bertz CT molecular complexity index is 160. The van der Waals surface area contributed by atoms with Crippen molar-refractivity contribution in [3.63, 3.8) is 0 Å². The van der Waals surface area contributed by atoms with Crippen molar-refractivity contribution in [3.8, 4) is 0 Å². The van der Waals surface area contributed by atoms with Gasteiger partial charge in [-0.25, -0.2) is 0 Å². The summed E-state index contributed by atoms with van der Waals surface area (Å²) in [5, 5.41) is 3.53. The Balaban J connectivity index is 2.45. The molecule has 0 aromatic heterocycles. The minimum absolute atomic E-state index is 0.00429. The van der Waals surface area contributed by atoms with Crippen LogP contribution in [0.3, 0.4) is 0 Å². The summed E-state index contributed by atoms with van der Waals surface area (Å²) in [6.45, 7) is 9.65. The summed E-state index contributed by atoms with van der Waals surface area (Å²) in [5.74, 6) is 0. The SMILES string of the molecule is CCN[C@@H]1CCCC[C@H]1OC(C)(C)C. The Morgan fingerprint density at radius 2 is 1.86 bits per heavy atom. The lowest BCUT2D eigenvalue weighted by Crippen LogP contribution is -2.46. The highest BCUT2D eigenvalue weighted by Gasteiger charge is 2.28. The molecule has 0 radical (unpaired) electrons. The molecule has 0 amide bonds. The first-order valence-corrected chi connectivity index (χ1v) is 5.94. The molecule has 1 fully saturated rings. The molecular formula is C12H25NO. The highest BCUT2D eigenvalue weighted by atomic mass is 16.5. The van der Waals surface area contributed by atoms with E-state index in [2.05, 4.69) is 33.0 Å². The number of hydrogen-bond donors (Lipinski definition) is 1. The van der Waals surface area contributed by atoms with E-state index in [1.54, 1.807) is 0 Å². The summed E-state index contributed by atoms with van der Waals surface area (Å²) in [7, 11) is 0. The summed E-state index contributed by atoms with van der Waals surface area (Å²) in [6.07, 6.45) is 5.58. The van der Waals surface area contributed by atoms with Crippen LogP contribution >= 0.6 is 0 Å². The molecule has 84 valence electrons. The molecule has 14 heavy (non-hydrogen) atoms. The molecule has 1 aliphatic rings. The van der Waals surface area contributed by atoms with E-state index in [4.69, 9.17) is 4.74 Å². The van der Waals surface area contributed by atoms with Crippen LogP contribution < -0.4 is 5.32 Å². The molecule has 0 aliphatic heterocycles. The van der Waals surface area contributed by atoms with E-state index in [1.807, 2.05) is 0 Å². The summed E-state index contributed by atoms with van der Waals surface area (Å²) in [5.41, 5.74) is -0.00429. The average molecular weight is 199 g/mol. The van der Waals surface area contributed by atoms with Gasteiger partial charge in [0.25, 0.3) is 0 Å². The number of rotatable bonds is 3. The first-order chi connectivity index (χ1) is 6.53. The van der Waals surface area contributed by atoms with Crippen molar-refractivity contribution in [1.29, 1.82) is 0 Å². The van der Waals surface area contributed by atoms with Crippen molar-refractivity contribution in [2.45, 2.75) is 71.1 Å². The lowest BCUT2D eigenvalue weighted by Gasteiger charge is -2.36. The summed E-state index contributed by atoms with van der Waals surface area (Å²) >= 11 is 0. The Hall–Kier alpha value is -0.0800. The van der Waals surface area contributed by atoms with Gasteiger partial charge in [0.05, 0.1) is 11.7 Å². The van der Waals surface area contributed by atoms with Crippen molar-refractivity contribution in [3.05, 3.63) is 0 Å². The van der Waals surface area contributed by atoms with Crippen molar-refractivity contribution in [1.82, 2.24) is 5.32 Å². The molecule has 1 aliphatic carbocycles. The van der Waals surface area contributed by atoms with Crippen molar-refractivity contribution in [2.24, 2.45) is 0 Å². The van der Waals surface area contributed by atoms with Gasteiger partial charge >= 0.3 is 0 Å². The van der Waals surface area contributed by atoms with E-state index in [1.165, 1.54) is 25.7 Å². The number of likely N-dealkylation sites (N-methyl/N-ethyl adjacent to an activating group) is 1. The maximum absolute atomic E-state index is 6.08. The van der Waals surface area contributed by atoms with Crippen LogP contribution in [0.4, 0.5) is 0 Å². The second-order valence-corrected chi connectivity index (χ2v) is 5.22. The molecule has 1 rings (SSSR count). The quantitative estimate of drug-likeness (QED) is 0.754. The van der Waals surface area contributed by atoms with Gasteiger partial charge in [-0.05, 0) is 40.2 Å². The zero-order valence-electron chi connectivity index (χ0n) is 10.1. The van der Waals surface area contributed by atoms with Crippen LogP contribution in [0.25, 0.3) is 0 Å². The van der Waals surface area contributed by atoms with Crippen molar-refractivity contribution >= 4 is 0 Å². The molecule has 0 heterocycles. The second kappa shape index (κ2) is 5.13. The van der Waals surface area contributed by atoms with Crippen LogP contribution in [0.15, 0.2) is 0 Å². The van der Waals surface area contributed by atoms with Crippen LogP contribution in [0, 0.1) is 0 Å². The lowest BCUT2D eigenvalue weighted by atomic mass is 9.92. The fourth-order valence-electron chi connectivity index (χ4n) is 2.19. The highest BCUT2D eigenvalue weighted by Crippen LogP contribution is 2.25. The molecule has 0 aromatic rings. The topological polar surface area (TPSA) is 21.3 Å². The van der Waals surface area contributed by atoms with E-state index in [9.17, 15) is 0 Å². The van der Waals surface area contributed by atoms with Gasteiger partial charge in [-0.2, -0.15) is 0 Å². The fraction of sp³-hybridized carbons (Fsp3) is 1.00. The van der Waals surface area contributed by atoms with Gasteiger partial charge in [-0.15, -0.1) is 0 Å². The number of nitrogens with one attached hydrogen (secondary N) is 1. The van der Waals surface area contributed by atoms with Crippen molar-refractivity contribution < 1.29 is 4.74 Å². The lowest BCUT2D eigenvalue weighted by molar-refractivity contribution is -0.0866. The van der Waals surface area contributed by atoms with Crippen LogP contribution in [-0.4, -0.2) is 24.3 Å². The monoisotopic (exact) mass is 199 g/mol. The molecule has 0 unspecified atom stereocenters. The summed E-state index contributed by atoms with van der Waals surface area (Å²) in [6, 6.07) is 0.577. The molecule has 1 saturated carbocycles. The van der Waals surface area contributed by atoms with Gasteiger partial charge in [-0.3, -0.25) is 0 Å². The maximum Gasteiger partial charge on any atom is 0.0735 e. The third kappa shape index (κ3) is 3.97. The standard InChI is InChI=1S/C12H25NO/c1-5-13-10-8-6-7-9-11(10)14-12(2,3)4/h10-11,13H,5-9H2,1-4H3/t10-,11-/m1/s1. The molecule has 0 spiro atoms. The molecule has 2 nitrogen and oxygen atoms in total. The number of ether oxygens (including phenoxy) is 1. The average Bonchev–Trinajstić information content (AvgIpc) is 2.06. The molecule has 2 atom stereocenters. The Morgan fingerprint density at radius 3 is 2.43 bits per heavy atom. The molecule has 0 aromatic carbocycles. The minimum atomic E-state index is -0.00429. The van der Waals surface area contributed by atoms with Gasteiger partial charge in [0, 0.05) is 6.04 Å². The smallest absolute Gasteiger partial charge is 0.0735 e. The van der Waals surface area contributed by atoms with Gasteiger partial charge in [0.2, 0.25) is 0 Å². The summed E-state index contributed by atoms with van der Waals surface area (Å²) < 4.78 is 6.08. The second-order valence-electron chi connectivity index (χ2n) is 5.22. The molecule has 2 heteroatoms. The molecule has 0 saturated heterocycles. The molecule has 1 N–H and O–H groups in total. The Morgan fingerprint density at radius 1 is 1.21 bits per heavy atom.